The average Bonchev–Trinajstić information content (AvgIpc) is 3.49. The topological polar surface area (TPSA) is 58.2 Å². The summed E-state index contributed by atoms with van der Waals surface area (Å²) >= 11 is 0. The van der Waals surface area contributed by atoms with E-state index in [9.17, 15) is 4.79 Å². The van der Waals surface area contributed by atoms with Gasteiger partial charge in [-0.25, -0.2) is 4.98 Å². The molecule has 1 saturated heterocycles. The maximum absolute atomic E-state index is 13.7. The molecule has 6 heteroatoms. The lowest BCUT2D eigenvalue weighted by Crippen LogP contribution is -2.62. The molecule has 0 unspecified atom stereocenters. The van der Waals surface area contributed by atoms with Crippen LogP contribution in [0.15, 0.2) is 79.3 Å². The third-order valence-electron chi connectivity index (χ3n) is 8.02. The molecule has 1 atom stereocenters. The van der Waals surface area contributed by atoms with Crippen molar-refractivity contribution in [1.82, 2.24) is 14.9 Å². The number of nitrogens with zero attached hydrogens (tertiary/aromatic N) is 3. The van der Waals surface area contributed by atoms with Crippen LogP contribution in [-0.2, 0) is 6.42 Å². The first kappa shape index (κ1) is 25.0. The number of quaternary nitrogens is 1. The maximum atomic E-state index is 13.7. The first-order valence-electron chi connectivity index (χ1n) is 13.4. The monoisotopic (exact) mass is 497 g/mol. The molecule has 0 radical (unpaired) electrons. The Kier molecular flexibility index (Phi) is 7.56. The number of aromatic amines is 1. The molecule has 0 bridgehead atoms. The number of aromatic nitrogens is 2. The highest BCUT2D eigenvalue weighted by Gasteiger charge is 2.42. The van der Waals surface area contributed by atoms with Gasteiger partial charge in [0.2, 0.25) is 0 Å². The Labute approximate surface area is 219 Å². The molecule has 37 heavy (non-hydrogen) atoms. The number of rotatable bonds is 9. The zero-order valence-electron chi connectivity index (χ0n) is 21.9. The minimum atomic E-state index is 0.137. The number of benzene rings is 3. The fraction of sp³-hybridized carbons (Fsp3) is 0.355. The second-order valence-corrected chi connectivity index (χ2v) is 10.1. The van der Waals surface area contributed by atoms with E-state index in [4.69, 9.17) is 4.74 Å². The first-order chi connectivity index (χ1) is 18.1. The van der Waals surface area contributed by atoms with E-state index in [1.807, 2.05) is 42.6 Å². The van der Waals surface area contributed by atoms with Crippen molar-refractivity contribution in [2.75, 3.05) is 39.8 Å². The molecule has 0 spiro atoms. The van der Waals surface area contributed by atoms with Gasteiger partial charge in [0, 0.05) is 12.0 Å². The first-order valence-corrected chi connectivity index (χ1v) is 13.4. The second-order valence-electron chi connectivity index (χ2n) is 10.1. The number of imidazole rings is 1. The molecule has 1 aromatic heterocycles. The van der Waals surface area contributed by atoms with Crippen molar-refractivity contribution >= 4 is 16.7 Å². The number of piperazine rings is 1. The van der Waals surface area contributed by atoms with Crippen molar-refractivity contribution in [2.45, 2.75) is 32.2 Å². The Balaban J connectivity index is 1.41. The van der Waals surface area contributed by atoms with Crippen LogP contribution in [0, 0.1) is 0 Å². The Hall–Kier alpha value is -3.64. The van der Waals surface area contributed by atoms with Crippen LogP contribution in [0.2, 0.25) is 0 Å². The summed E-state index contributed by atoms with van der Waals surface area (Å²) in [4.78, 5) is 23.5. The van der Waals surface area contributed by atoms with Gasteiger partial charge in [0.25, 0.3) is 5.91 Å². The number of nitrogens with one attached hydrogen (secondary N) is 1. The van der Waals surface area contributed by atoms with Gasteiger partial charge in [-0.1, -0.05) is 61.9 Å². The number of unbranched alkanes of at least 4 members (excludes halogenated alkanes) is 1. The van der Waals surface area contributed by atoms with Gasteiger partial charge in [0.1, 0.15) is 11.8 Å². The molecule has 0 aliphatic carbocycles. The zero-order chi connectivity index (χ0) is 25.7. The van der Waals surface area contributed by atoms with Gasteiger partial charge < -0.3 is 19.1 Å². The van der Waals surface area contributed by atoms with Gasteiger partial charge in [0.15, 0.2) is 0 Å². The normalized spacial score (nSPS) is 16.0. The molecule has 6 nitrogen and oxygen atoms in total. The largest absolute Gasteiger partial charge is 0.497 e. The number of carbonyl (C=O) groups excluding carboxylic acids is 1. The highest BCUT2D eigenvalue weighted by molar-refractivity contribution is 6.07. The quantitative estimate of drug-likeness (QED) is 0.305. The fourth-order valence-electron chi connectivity index (χ4n) is 5.85. The molecule has 1 fully saturated rings. The summed E-state index contributed by atoms with van der Waals surface area (Å²) in [7, 11) is 1.70. The predicted octanol–water partition coefficient (Wildman–Crippen LogP) is 5.63. The number of amides is 1. The number of hydrogen-bond acceptors (Lipinski definition) is 3. The zero-order valence-corrected chi connectivity index (χ0v) is 21.9. The van der Waals surface area contributed by atoms with E-state index in [0.717, 1.165) is 78.6 Å². The highest BCUT2D eigenvalue weighted by Crippen LogP contribution is 2.34. The van der Waals surface area contributed by atoms with E-state index < -0.39 is 0 Å². The van der Waals surface area contributed by atoms with Crippen LogP contribution in [0.25, 0.3) is 10.8 Å². The third kappa shape index (κ3) is 5.25. The van der Waals surface area contributed by atoms with E-state index in [0.29, 0.717) is 0 Å². The Morgan fingerprint density at radius 3 is 2.51 bits per heavy atom. The second kappa shape index (κ2) is 11.2. The average molecular weight is 498 g/mol. The molecule has 4 aromatic rings. The lowest BCUT2D eigenvalue weighted by atomic mass is 9.96. The van der Waals surface area contributed by atoms with Gasteiger partial charge >= 0.3 is 0 Å². The standard InChI is InChI=1S/C31H37N4O2/c1-3-4-18-35(30(29-22-32-23-33-29)21-24-12-14-26(37-2)15-13-24)19-16-34(17-20-35)31(36)28-11-7-9-25-8-5-6-10-27(25)28/h5-15,22-23,30H,3-4,16-21H2,1-2H3,(H,32,33)/q+1/t30-/m0/s1. The Morgan fingerprint density at radius 2 is 1.81 bits per heavy atom. The van der Waals surface area contributed by atoms with Crippen molar-refractivity contribution in [1.29, 1.82) is 0 Å². The van der Waals surface area contributed by atoms with Crippen LogP contribution in [0.4, 0.5) is 0 Å². The summed E-state index contributed by atoms with van der Waals surface area (Å²) in [5.74, 6) is 1.01. The summed E-state index contributed by atoms with van der Waals surface area (Å²) in [6.45, 7) is 6.70. The summed E-state index contributed by atoms with van der Waals surface area (Å²) < 4.78 is 6.34. The van der Waals surface area contributed by atoms with Crippen LogP contribution in [0.3, 0.4) is 0 Å². The van der Waals surface area contributed by atoms with E-state index in [1.54, 1.807) is 13.4 Å². The summed E-state index contributed by atoms with van der Waals surface area (Å²) in [5, 5.41) is 2.14. The van der Waals surface area contributed by atoms with Crippen LogP contribution in [0.5, 0.6) is 5.75 Å². The molecule has 1 N–H and O–H groups in total. The predicted molar refractivity (Wildman–Crippen MR) is 148 cm³/mol. The molecule has 1 aliphatic rings. The van der Waals surface area contributed by atoms with E-state index in [1.165, 1.54) is 11.3 Å². The smallest absolute Gasteiger partial charge is 0.254 e. The molecular weight excluding hydrogens is 460 g/mol. The lowest BCUT2D eigenvalue weighted by molar-refractivity contribution is -0.960. The minimum absolute atomic E-state index is 0.137. The SMILES string of the molecule is CCCC[N+]1([C@@H](Cc2ccc(OC)cc2)c2cnc[nH]2)CCN(C(=O)c2cccc3ccccc23)CC1. The van der Waals surface area contributed by atoms with Gasteiger partial charge in [-0.3, -0.25) is 4.79 Å². The number of carbonyl (C=O) groups is 1. The molecule has 5 rings (SSSR count). The summed E-state index contributed by atoms with van der Waals surface area (Å²) in [6, 6.07) is 22.8. The lowest BCUT2D eigenvalue weighted by Gasteiger charge is -2.49. The van der Waals surface area contributed by atoms with Crippen molar-refractivity contribution < 1.29 is 14.0 Å². The van der Waals surface area contributed by atoms with Crippen molar-refractivity contribution in [2.24, 2.45) is 0 Å². The number of ether oxygens (including phenoxy) is 1. The number of H-pyrrole nitrogens is 1. The minimum Gasteiger partial charge on any atom is -0.497 e. The molecule has 1 amide bonds. The molecule has 192 valence electrons. The number of fused-ring (bicyclic) bond motifs is 1. The molecular formula is C31H37N4O2+. The highest BCUT2D eigenvalue weighted by atomic mass is 16.5. The van der Waals surface area contributed by atoms with Crippen molar-refractivity contribution in [3.05, 3.63) is 96.1 Å². The van der Waals surface area contributed by atoms with Crippen molar-refractivity contribution in [3.63, 3.8) is 0 Å². The van der Waals surface area contributed by atoms with Gasteiger partial charge in [-0.05, 0) is 41.0 Å². The molecule has 0 saturated carbocycles. The molecule has 3 aromatic carbocycles. The van der Waals surface area contributed by atoms with Crippen LogP contribution in [-0.4, -0.2) is 65.1 Å². The van der Waals surface area contributed by atoms with E-state index in [-0.39, 0.29) is 11.9 Å². The number of hydrogen-bond donors (Lipinski definition) is 1. The van der Waals surface area contributed by atoms with E-state index >= 15 is 0 Å². The van der Waals surface area contributed by atoms with Gasteiger partial charge in [-0.15, -0.1) is 0 Å². The third-order valence-corrected chi connectivity index (χ3v) is 8.02. The fourth-order valence-corrected chi connectivity index (χ4v) is 5.85. The maximum Gasteiger partial charge on any atom is 0.254 e. The molecule has 2 heterocycles. The van der Waals surface area contributed by atoms with Crippen LogP contribution >= 0.6 is 0 Å². The number of methoxy groups -OCH3 is 1. The van der Waals surface area contributed by atoms with Gasteiger partial charge in [-0.2, -0.15) is 0 Å². The van der Waals surface area contributed by atoms with E-state index in [2.05, 4.69) is 52.1 Å². The van der Waals surface area contributed by atoms with Crippen molar-refractivity contribution in [3.8, 4) is 5.75 Å². The Bertz CT molecular complexity index is 1300. The van der Waals surface area contributed by atoms with Crippen LogP contribution < -0.4 is 4.74 Å². The summed E-state index contributed by atoms with van der Waals surface area (Å²) in [6.07, 6.45) is 6.98. The molecule has 1 aliphatic heterocycles. The summed E-state index contributed by atoms with van der Waals surface area (Å²) in [5.41, 5.74) is 3.25. The van der Waals surface area contributed by atoms with Crippen LogP contribution in [0.1, 0.15) is 47.4 Å². The Morgan fingerprint density at radius 1 is 1.05 bits per heavy atom. The van der Waals surface area contributed by atoms with Gasteiger partial charge in [0.05, 0.1) is 58.1 Å².